The monoisotopic (exact) mass is 308 g/mol. The summed E-state index contributed by atoms with van der Waals surface area (Å²) in [6.07, 6.45) is 0. The van der Waals surface area contributed by atoms with Gasteiger partial charge in [-0.05, 0) is 18.2 Å². The van der Waals surface area contributed by atoms with Crippen LogP contribution in [-0.2, 0) is 0 Å². The summed E-state index contributed by atoms with van der Waals surface area (Å²) >= 11 is 1.08. The van der Waals surface area contributed by atoms with Crippen LogP contribution in [0.3, 0.4) is 0 Å². The predicted octanol–water partition coefficient (Wildman–Crippen LogP) is 4.28. The molecule has 0 N–H and O–H groups in total. The van der Waals surface area contributed by atoms with Crippen molar-refractivity contribution in [2.75, 3.05) is 0 Å². The first-order valence-electron chi connectivity index (χ1n) is 5.71. The van der Waals surface area contributed by atoms with E-state index in [1.54, 1.807) is 0 Å². The molecule has 5 nitrogen and oxygen atoms in total. The Labute approximate surface area is 120 Å². The smallest absolute Gasteiger partial charge is 0.279 e. The highest BCUT2D eigenvalue weighted by molar-refractivity contribution is 7.20. The number of nitrogens with zero attached hydrogens (tertiary/aromatic N) is 2. The molecule has 0 fully saturated rings. The molecule has 0 aliphatic rings. The third-order valence-electron chi connectivity index (χ3n) is 2.66. The van der Waals surface area contributed by atoms with Crippen LogP contribution in [0.5, 0.6) is 10.9 Å². The van der Waals surface area contributed by atoms with Gasteiger partial charge in [-0.1, -0.05) is 11.3 Å². The van der Waals surface area contributed by atoms with Gasteiger partial charge in [0.05, 0.1) is 15.1 Å². The highest BCUT2D eigenvalue weighted by Gasteiger charge is 2.12. The van der Waals surface area contributed by atoms with Crippen molar-refractivity contribution in [1.82, 2.24) is 4.98 Å². The first-order chi connectivity index (χ1) is 10.0. The van der Waals surface area contributed by atoms with E-state index in [0.717, 1.165) is 23.5 Å². The maximum absolute atomic E-state index is 13.1. The highest BCUT2D eigenvalue weighted by atomic mass is 32.1. The van der Waals surface area contributed by atoms with Crippen LogP contribution in [-0.4, -0.2) is 9.91 Å². The summed E-state index contributed by atoms with van der Waals surface area (Å²) in [6.45, 7) is 0. The maximum Gasteiger partial charge on any atom is 0.279 e. The van der Waals surface area contributed by atoms with Crippen molar-refractivity contribution >= 4 is 27.2 Å². The van der Waals surface area contributed by atoms with Gasteiger partial charge in [-0.3, -0.25) is 10.1 Å². The largest absolute Gasteiger partial charge is 0.431 e. The Morgan fingerprint density at radius 2 is 1.95 bits per heavy atom. The summed E-state index contributed by atoms with van der Waals surface area (Å²) in [4.78, 5) is 14.3. The van der Waals surface area contributed by atoms with E-state index < -0.39 is 16.6 Å². The second kappa shape index (κ2) is 5.06. The number of rotatable bonds is 3. The first-order valence-corrected chi connectivity index (χ1v) is 6.52. The molecule has 0 radical (unpaired) electrons. The fraction of sp³-hybridized carbons (Fsp3) is 0. The summed E-state index contributed by atoms with van der Waals surface area (Å²) in [5.74, 6) is -1.89. The van der Waals surface area contributed by atoms with Gasteiger partial charge in [-0.25, -0.2) is 13.8 Å². The summed E-state index contributed by atoms with van der Waals surface area (Å²) in [7, 11) is 0. The Morgan fingerprint density at radius 1 is 1.14 bits per heavy atom. The Bertz CT molecular complexity index is 851. The van der Waals surface area contributed by atoms with Crippen LogP contribution >= 0.6 is 11.3 Å². The van der Waals surface area contributed by atoms with Crippen LogP contribution in [0.2, 0.25) is 0 Å². The van der Waals surface area contributed by atoms with Crippen LogP contribution in [0.1, 0.15) is 0 Å². The molecule has 1 aromatic heterocycles. The van der Waals surface area contributed by atoms with E-state index in [1.165, 1.54) is 24.3 Å². The van der Waals surface area contributed by atoms with Crippen molar-refractivity contribution in [3.63, 3.8) is 0 Å². The van der Waals surface area contributed by atoms with Gasteiger partial charge >= 0.3 is 0 Å². The van der Waals surface area contributed by atoms with Crippen LogP contribution in [0, 0.1) is 21.7 Å². The Morgan fingerprint density at radius 3 is 2.67 bits per heavy atom. The molecule has 0 saturated carbocycles. The number of fused-ring (bicyclic) bond motifs is 1. The number of aromatic nitrogens is 1. The van der Waals surface area contributed by atoms with E-state index in [-0.39, 0.29) is 16.6 Å². The second-order valence-electron chi connectivity index (χ2n) is 4.07. The number of nitro groups is 1. The standard InChI is InChI=1S/C13H6F2N2O3S/c14-9-3-2-8(6-10(9)15)20-13-16-11-4-1-7(17(18)19)5-12(11)21-13/h1-6H. The van der Waals surface area contributed by atoms with E-state index in [4.69, 9.17) is 4.74 Å². The fourth-order valence-electron chi connectivity index (χ4n) is 1.69. The Balaban J connectivity index is 1.93. The SMILES string of the molecule is O=[N+]([O-])c1ccc2nc(Oc3ccc(F)c(F)c3)sc2c1. The number of ether oxygens (including phenoxy) is 1. The van der Waals surface area contributed by atoms with E-state index in [0.29, 0.717) is 10.2 Å². The van der Waals surface area contributed by atoms with Crippen molar-refractivity contribution in [2.24, 2.45) is 0 Å². The van der Waals surface area contributed by atoms with Crippen molar-refractivity contribution < 1.29 is 18.4 Å². The zero-order valence-corrected chi connectivity index (χ0v) is 11.1. The number of nitro benzene ring substituents is 1. The van der Waals surface area contributed by atoms with Gasteiger partial charge in [-0.2, -0.15) is 0 Å². The Kier molecular flexibility index (Phi) is 3.22. The number of non-ortho nitro benzene ring substituents is 1. The van der Waals surface area contributed by atoms with E-state index in [9.17, 15) is 18.9 Å². The zero-order valence-electron chi connectivity index (χ0n) is 10.2. The van der Waals surface area contributed by atoms with Gasteiger partial charge in [0.2, 0.25) is 0 Å². The molecule has 0 unspecified atom stereocenters. The van der Waals surface area contributed by atoms with Crippen LogP contribution < -0.4 is 4.74 Å². The molecular formula is C13H6F2N2O3S. The van der Waals surface area contributed by atoms with E-state index in [2.05, 4.69) is 4.98 Å². The number of thiazole rings is 1. The molecule has 0 atom stereocenters. The molecule has 0 saturated heterocycles. The number of hydrogen-bond acceptors (Lipinski definition) is 5. The Hall–Kier alpha value is -2.61. The predicted molar refractivity (Wildman–Crippen MR) is 72.7 cm³/mol. The van der Waals surface area contributed by atoms with E-state index >= 15 is 0 Å². The average Bonchev–Trinajstić information content (AvgIpc) is 2.84. The lowest BCUT2D eigenvalue weighted by Gasteiger charge is -2.01. The molecule has 1 heterocycles. The summed E-state index contributed by atoms with van der Waals surface area (Å²) in [6, 6.07) is 7.34. The molecule has 106 valence electrons. The van der Waals surface area contributed by atoms with Crippen molar-refractivity contribution in [2.45, 2.75) is 0 Å². The number of halogens is 2. The molecule has 21 heavy (non-hydrogen) atoms. The van der Waals surface area contributed by atoms with Gasteiger partial charge in [0.25, 0.3) is 10.9 Å². The minimum Gasteiger partial charge on any atom is -0.431 e. The summed E-state index contributed by atoms with van der Waals surface area (Å²) in [5, 5.41) is 10.9. The minimum absolute atomic E-state index is 0.0504. The molecule has 0 aliphatic carbocycles. The lowest BCUT2D eigenvalue weighted by Crippen LogP contribution is -1.87. The first kappa shape index (κ1) is 13.4. The highest BCUT2D eigenvalue weighted by Crippen LogP contribution is 2.33. The molecule has 8 heteroatoms. The van der Waals surface area contributed by atoms with Gasteiger partial charge in [-0.15, -0.1) is 0 Å². The van der Waals surface area contributed by atoms with Gasteiger partial charge < -0.3 is 4.74 Å². The maximum atomic E-state index is 13.1. The molecular weight excluding hydrogens is 302 g/mol. The molecule has 3 aromatic rings. The number of hydrogen-bond donors (Lipinski definition) is 0. The summed E-state index contributed by atoms with van der Waals surface area (Å²) < 4.78 is 31.8. The normalized spacial score (nSPS) is 10.8. The molecule has 0 aliphatic heterocycles. The zero-order chi connectivity index (χ0) is 15.0. The quantitative estimate of drug-likeness (QED) is 0.535. The third-order valence-corrected chi connectivity index (χ3v) is 3.56. The summed E-state index contributed by atoms with van der Waals surface area (Å²) in [5.41, 5.74) is 0.480. The van der Waals surface area contributed by atoms with Crippen LogP contribution in [0.15, 0.2) is 36.4 Å². The minimum atomic E-state index is -1.02. The third kappa shape index (κ3) is 2.65. The second-order valence-corrected chi connectivity index (χ2v) is 5.06. The molecule has 0 spiro atoms. The molecule has 0 bridgehead atoms. The lowest BCUT2D eigenvalue weighted by atomic mass is 10.3. The van der Waals surface area contributed by atoms with Crippen molar-refractivity contribution in [3.05, 3.63) is 58.1 Å². The van der Waals surface area contributed by atoms with Crippen molar-refractivity contribution in [1.29, 1.82) is 0 Å². The molecule has 2 aromatic carbocycles. The fourth-order valence-corrected chi connectivity index (χ4v) is 2.56. The van der Waals surface area contributed by atoms with Crippen LogP contribution in [0.25, 0.3) is 10.2 Å². The van der Waals surface area contributed by atoms with Gasteiger partial charge in [0.15, 0.2) is 11.6 Å². The molecule has 3 rings (SSSR count). The van der Waals surface area contributed by atoms with E-state index in [1.807, 2.05) is 0 Å². The van der Waals surface area contributed by atoms with Crippen LogP contribution in [0.4, 0.5) is 14.5 Å². The van der Waals surface area contributed by atoms with Crippen molar-refractivity contribution in [3.8, 4) is 10.9 Å². The molecule has 0 amide bonds. The topological polar surface area (TPSA) is 65.3 Å². The van der Waals surface area contributed by atoms with Gasteiger partial charge in [0.1, 0.15) is 5.75 Å². The number of benzene rings is 2. The van der Waals surface area contributed by atoms with Gasteiger partial charge in [0, 0.05) is 18.2 Å². The average molecular weight is 308 g/mol. The lowest BCUT2D eigenvalue weighted by molar-refractivity contribution is -0.384.